The Bertz CT molecular complexity index is 650. The van der Waals surface area contributed by atoms with E-state index in [9.17, 15) is 9.59 Å². The number of hydrogen-bond acceptors (Lipinski definition) is 5. The van der Waals surface area contributed by atoms with Gasteiger partial charge in [0.2, 0.25) is 0 Å². The fraction of sp³-hybridized carbons (Fsp3) is 0.556. The summed E-state index contributed by atoms with van der Waals surface area (Å²) < 4.78 is 10.2. The van der Waals surface area contributed by atoms with Crippen molar-refractivity contribution in [3.8, 4) is 5.75 Å². The van der Waals surface area contributed by atoms with Crippen molar-refractivity contribution in [2.45, 2.75) is 39.2 Å². The molecule has 1 amide bonds. The quantitative estimate of drug-likeness (QED) is 0.615. The zero-order chi connectivity index (χ0) is 18.6. The zero-order valence-corrected chi connectivity index (χ0v) is 15.6. The van der Waals surface area contributed by atoms with Crippen LogP contribution in [0.3, 0.4) is 0 Å². The first-order valence-electron chi connectivity index (χ1n) is 8.43. The van der Waals surface area contributed by atoms with E-state index in [1.807, 2.05) is 0 Å². The van der Waals surface area contributed by atoms with E-state index < -0.39 is 5.97 Å². The van der Waals surface area contributed by atoms with Crippen LogP contribution in [0.4, 0.5) is 5.69 Å². The fourth-order valence-corrected chi connectivity index (χ4v) is 3.30. The standard InChI is InChI=1S/C18H25ClN2O4/c1-10-5-4-6-15(11(10)2)21-17(22)9-25-18(23)12-7-13(19)14(20)8-16(12)24-3/h7-8,10-11,15H,4-6,9,20H2,1-3H3,(H,21,22)/t10-,11-,15+/m1/s1. The highest BCUT2D eigenvalue weighted by Gasteiger charge is 2.28. The van der Waals surface area contributed by atoms with Gasteiger partial charge in [-0.15, -0.1) is 0 Å². The molecule has 6 nitrogen and oxygen atoms in total. The molecule has 3 atom stereocenters. The maximum absolute atomic E-state index is 12.2. The first-order chi connectivity index (χ1) is 11.8. The van der Waals surface area contributed by atoms with Crippen molar-refractivity contribution in [2.24, 2.45) is 11.8 Å². The van der Waals surface area contributed by atoms with Gasteiger partial charge in [-0.2, -0.15) is 0 Å². The number of nitrogen functional groups attached to an aromatic ring is 1. The molecule has 0 spiro atoms. The molecule has 25 heavy (non-hydrogen) atoms. The predicted octanol–water partition coefficient (Wildman–Crippen LogP) is 3.03. The number of amides is 1. The second kappa shape index (κ2) is 8.43. The molecule has 0 heterocycles. The number of carbonyl (C=O) groups is 2. The van der Waals surface area contributed by atoms with Gasteiger partial charge in [-0.1, -0.05) is 38.3 Å². The molecule has 0 unspecified atom stereocenters. The van der Waals surface area contributed by atoms with Crippen LogP contribution in [0.15, 0.2) is 12.1 Å². The number of carbonyl (C=O) groups excluding carboxylic acids is 2. The Hall–Kier alpha value is -1.95. The Morgan fingerprint density at radius 1 is 1.32 bits per heavy atom. The topological polar surface area (TPSA) is 90.7 Å². The highest BCUT2D eigenvalue weighted by Crippen LogP contribution is 2.30. The van der Waals surface area contributed by atoms with Crippen molar-refractivity contribution in [3.05, 3.63) is 22.7 Å². The molecule has 7 heteroatoms. The van der Waals surface area contributed by atoms with Crippen molar-refractivity contribution in [1.29, 1.82) is 0 Å². The van der Waals surface area contributed by atoms with Crippen LogP contribution in [0.2, 0.25) is 5.02 Å². The zero-order valence-electron chi connectivity index (χ0n) is 14.8. The van der Waals surface area contributed by atoms with E-state index in [0.717, 1.165) is 12.8 Å². The van der Waals surface area contributed by atoms with Crippen LogP contribution in [-0.4, -0.2) is 31.6 Å². The summed E-state index contributed by atoms with van der Waals surface area (Å²) >= 11 is 5.94. The van der Waals surface area contributed by atoms with Crippen molar-refractivity contribution >= 4 is 29.2 Å². The first-order valence-corrected chi connectivity index (χ1v) is 8.80. The van der Waals surface area contributed by atoms with E-state index in [4.69, 9.17) is 26.8 Å². The van der Waals surface area contributed by atoms with Gasteiger partial charge in [0.1, 0.15) is 11.3 Å². The van der Waals surface area contributed by atoms with Gasteiger partial charge in [-0.3, -0.25) is 4.79 Å². The highest BCUT2D eigenvalue weighted by atomic mass is 35.5. The normalized spacial score (nSPS) is 23.0. The van der Waals surface area contributed by atoms with Gasteiger partial charge in [0.25, 0.3) is 5.91 Å². The Balaban J connectivity index is 1.93. The Labute approximate surface area is 153 Å². The third-order valence-electron chi connectivity index (χ3n) is 4.93. The van der Waals surface area contributed by atoms with Crippen molar-refractivity contribution < 1.29 is 19.1 Å². The SMILES string of the molecule is COc1cc(N)c(Cl)cc1C(=O)OCC(=O)N[C@H]1CCC[C@@H](C)[C@H]1C. The number of halogens is 1. The number of ether oxygens (including phenoxy) is 2. The van der Waals surface area contributed by atoms with Crippen molar-refractivity contribution in [2.75, 3.05) is 19.5 Å². The molecule has 1 aliphatic carbocycles. The van der Waals surface area contributed by atoms with Crippen LogP contribution in [0.25, 0.3) is 0 Å². The molecule has 0 aromatic heterocycles. The molecule has 1 aromatic carbocycles. The molecule has 1 aromatic rings. The summed E-state index contributed by atoms with van der Waals surface area (Å²) in [6, 6.07) is 2.95. The van der Waals surface area contributed by atoms with Crippen LogP contribution in [0, 0.1) is 11.8 Å². The van der Waals surface area contributed by atoms with Crippen molar-refractivity contribution in [3.63, 3.8) is 0 Å². The second-order valence-electron chi connectivity index (χ2n) is 6.59. The van der Waals surface area contributed by atoms with Crippen molar-refractivity contribution in [1.82, 2.24) is 5.32 Å². The molecule has 3 N–H and O–H groups in total. The maximum Gasteiger partial charge on any atom is 0.342 e. The number of methoxy groups -OCH3 is 1. The molecule has 0 saturated heterocycles. The lowest BCUT2D eigenvalue weighted by Crippen LogP contribution is -2.45. The summed E-state index contributed by atoms with van der Waals surface area (Å²) in [5.74, 6) is 0.244. The van der Waals surface area contributed by atoms with E-state index >= 15 is 0 Å². The van der Waals surface area contributed by atoms with E-state index in [1.165, 1.54) is 25.7 Å². The molecule has 1 fully saturated rings. The minimum absolute atomic E-state index is 0.121. The van der Waals surface area contributed by atoms with Crippen LogP contribution in [-0.2, 0) is 9.53 Å². The first kappa shape index (κ1) is 19.4. The largest absolute Gasteiger partial charge is 0.496 e. The Morgan fingerprint density at radius 2 is 2.04 bits per heavy atom. The number of nitrogens with one attached hydrogen (secondary N) is 1. The minimum atomic E-state index is -0.682. The lowest BCUT2D eigenvalue weighted by atomic mass is 9.78. The van der Waals surface area contributed by atoms with Gasteiger partial charge < -0.3 is 20.5 Å². The molecule has 1 aliphatic rings. The molecular formula is C18H25ClN2O4. The second-order valence-corrected chi connectivity index (χ2v) is 7.00. The van der Waals surface area contributed by atoms with Gasteiger partial charge in [0.05, 0.1) is 17.8 Å². The predicted molar refractivity (Wildman–Crippen MR) is 96.8 cm³/mol. The van der Waals surface area contributed by atoms with E-state index in [2.05, 4.69) is 19.2 Å². The minimum Gasteiger partial charge on any atom is -0.496 e. The van der Waals surface area contributed by atoms with Crippen LogP contribution < -0.4 is 15.8 Å². The molecule has 0 radical (unpaired) electrons. The van der Waals surface area contributed by atoms with Crippen LogP contribution >= 0.6 is 11.6 Å². The highest BCUT2D eigenvalue weighted by molar-refractivity contribution is 6.33. The summed E-state index contributed by atoms with van der Waals surface area (Å²) in [5.41, 5.74) is 6.12. The van der Waals surface area contributed by atoms with Gasteiger partial charge >= 0.3 is 5.97 Å². The summed E-state index contributed by atoms with van der Waals surface area (Å²) in [7, 11) is 1.41. The number of anilines is 1. The molecular weight excluding hydrogens is 344 g/mol. The lowest BCUT2D eigenvalue weighted by molar-refractivity contribution is -0.125. The average Bonchev–Trinajstić information content (AvgIpc) is 2.58. The van der Waals surface area contributed by atoms with Crippen LogP contribution in [0.1, 0.15) is 43.5 Å². The summed E-state index contributed by atoms with van der Waals surface area (Å²) in [6.07, 6.45) is 3.23. The molecule has 1 saturated carbocycles. The maximum atomic E-state index is 12.2. The number of hydrogen-bond donors (Lipinski definition) is 2. The third kappa shape index (κ3) is 4.78. The van der Waals surface area contributed by atoms with Gasteiger partial charge in [0.15, 0.2) is 6.61 Å². The van der Waals surface area contributed by atoms with Crippen LogP contribution in [0.5, 0.6) is 5.75 Å². The summed E-state index contributed by atoms with van der Waals surface area (Å²) in [5, 5.41) is 3.19. The lowest BCUT2D eigenvalue weighted by Gasteiger charge is -2.34. The smallest absolute Gasteiger partial charge is 0.342 e. The third-order valence-corrected chi connectivity index (χ3v) is 5.25. The number of rotatable bonds is 5. The van der Waals surface area contributed by atoms with E-state index in [0.29, 0.717) is 17.5 Å². The molecule has 0 aliphatic heterocycles. The Morgan fingerprint density at radius 3 is 2.72 bits per heavy atom. The van der Waals surface area contributed by atoms with Gasteiger partial charge in [-0.25, -0.2) is 4.79 Å². The molecule has 138 valence electrons. The van der Waals surface area contributed by atoms with E-state index in [1.54, 1.807) is 0 Å². The average molecular weight is 369 g/mol. The number of esters is 1. The number of benzene rings is 1. The van der Waals surface area contributed by atoms with E-state index in [-0.39, 0.29) is 34.9 Å². The Kier molecular flexibility index (Phi) is 6.53. The summed E-state index contributed by atoms with van der Waals surface area (Å²) in [4.78, 5) is 24.3. The fourth-order valence-electron chi connectivity index (χ4n) is 3.14. The monoisotopic (exact) mass is 368 g/mol. The van der Waals surface area contributed by atoms with Gasteiger partial charge in [-0.05, 0) is 24.3 Å². The number of nitrogens with two attached hydrogens (primary N) is 1. The summed E-state index contributed by atoms with van der Waals surface area (Å²) in [6.45, 7) is 3.99. The molecule has 2 rings (SSSR count). The molecule has 0 bridgehead atoms. The van der Waals surface area contributed by atoms with Gasteiger partial charge in [0, 0.05) is 12.1 Å².